The standard InChI is InChI=1S/C12H17N3O3/c1-2-18-8-7-14-12(16)10-5-3-9(4-6-10)11(13)15-17/h3-6,17H,2,7-8H2,1H3,(H2,13,15)(H,14,16). The van der Waals surface area contributed by atoms with Crippen molar-refractivity contribution < 1.29 is 14.7 Å². The van der Waals surface area contributed by atoms with Gasteiger partial charge in [-0.25, -0.2) is 0 Å². The van der Waals surface area contributed by atoms with Gasteiger partial charge < -0.3 is 21.0 Å². The van der Waals surface area contributed by atoms with Crippen molar-refractivity contribution in [3.8, 4) is 0 Å². The third-order valence-corrected chi connectivity index (χ3v) is 2.29. The number of oxime groups is 1. The smallest absolute Gasteiger partial charge is 0.251 e. The van der Waals surface area contributed by atoms with Gasteiger partial charge in [-0.15, -0.1) is 0 Å². The quantitative estimate of drug-likeness (QED) is 0.226. The average molecular weight is 251 g/mol. The highest BCUT2D eigenvalue weighted by atomic mass is 16.5. The first-order valence-electron chi connectivity index (χ1n) is 5.63. The van der Waals surface area contributed by atoms with Crippen molar-refractivity contribution in [1.82, 2.24) is 5.32 Å². The fraction of sp³-hybridized carbons (Fsp3) is 0.333. The summed E-state index contributed by atoms with van der Waals surface area (Å²) in [5.41, 5.74) is 6.49. The highest BCUT2D eigenvalue weighted by molar-refractivity contribution is 5.99. The number of benzene rings is 1. The van der Waals surface area contributed by atoms with Crippen LogP contribution in [0.5, 0.6) is 0 Å². The molecule has 0 fully saturated rings. The summed E-state index contributed by atoms with van der Waals surface area (Å²) < 4.78 is 5.11. The van der Waals surface area contributed by atoms with Crippen LogP contribution in [0.3, 0.4) is 0 Å². The Kier molecular flexibility index (Phi) is 5.66. The van der Waals surface area contributed by atoms with Crippen LogP contribution in [0.15, 0.2) is 29.4 Å². The lowest BCUT2D eigenvalue weighted by molar-refractivity contribution is 0.0922. The Morgan fingerprint density at radius 1 is 1.39 bits per heavy atom. The maximum absolute atomic E-state index is 11.7. The van der Waals surface area contributed by atoms with Crippen molar-refractivity contribution in [2.75, 3.05) is 19.8 Å². The normalized spacial score (nSPS) is 11.3. The van der Waals surface area contributed by atoms with Crippen LogP contribution in [0.2, 0.25) is 0 Å². The van der Waals surface area contributed by atoms with E-state index in [0.717, 1.165) is 0 Å². The van der Waals surface area contributed by atoms with Crippen LogP contribution < -0.4 is 11.1 Å². The Morgan fingerprint density at radius 3 is 2.56 bits per heavy atom. The Labute approximate surface area is 105 Å². The Balaban J connectivity index is 2.54. The molecule has 6 heteroatoms. The van der Waals surface area contributed by atoms with Crippen molar-refractivity contribution in [3.63, 3.8) is 0 Å². The van der Waals surface area contributed by atoms with Crippen molar-refractivity contribution >= 4 is 11.7 Å². The van der Waals surface area contributed by atoms with E-state index in [9.17, 15) is 4.79 Å². The summed E-state index contributed by atoms with van der Waals surface area (Å²) in [6.07, 6.45) is 0. The molecule has 98 valence electrons. The van der Waals surface area contributed by atoms with E-state index in [0.29, 0.717) is 30.9 Å². The number of amidine groups is 1. The van der Waals surface area contributed by atoms with Crippen molar-refractivity contribution in [2.24, 2.45) is 10.9 Å². The molecular weight excluding hydrogens is 234 g/mol. The Hall–Kier alpha value is -2.08. The molecule has 1 amide bonds. The molecule has 1 aromatic carbocycles. The molecule has 0 saturated heterocycles. The number of nitrogens with zero attached hydrogens (tertiary/aromatic N) is 1. The van der Waals surface area contributed by atoms with Crippen molar-refractivity contribution in [3.05, 3.63) is 35.4 Å². The van der Waals surface area contributed by atoms with E-state index in [2.05, 4.69) is 10.5 Å². The molecule has 0 bridgehead atoms. The molecular formula is C12H17N3O3. The van der Waals surface area contributed by atoms with Crippen LogP contribution in [0.1, 0.15) is 22.8 Å². The van der Waals surface area contributed by atoms with Gasteiger partial charge in [-0.2, -0.15) is 0 Å². The van der Waals surface area contributed by atoms with Crippen molar-refractivity contribution in [2.45, 2.75) is 6.92 Å². The largest absolute Gasteiger partial charge is 0.409 e. The van der Waals surface area contributed by atoms with Crippen LogP contribution >= 0.6 is 0 Å². The Bertz CT molecular complexity index is 415. The zero-order valence-electron chi connectivity index (χ0n) is 10.2. The van der Waals surface area contributed by atoms with E-state index in [1.807, 2.05) is 6.92 Å². The fourth-order valence-electron chi connectivity index (χ4n) is 1.33. The lowest BCUT2D eigenvalue weighted by Gasteiger charge is -2.06. The maximum atomic E-state index is 11.7. The highest BCUT2D eigenvalue weighted by Gasteiger charge is 2.05. The second-order valence-electron chi connectivity index (χ2n) is 3.52. The minimum absolute atomic E-state index is 0.0123. The van der Waals surface area contributed by atoms with Gasteiger partial charge in [-0.3, -0.25) is 4.79 Å². The van der Waals surface area contributed by atoms with Gasteiger partial charge in [-0.05, 0) is 19.1 Å². The predicted octanol–water partition coefficient (Wildman–Crippen LogP) is 0.547. The minimum Gasteiger partial charge on any atom is -0.409 e. The third kappa shape index (κ3) is 4.06. The molecule has 0 heterocycles. The van der Waals surface area contributed by atoms with E-state index in [4.69, 9.17) is 15.7 Å². The van der Waals surface area contributed by atoms with Gasteiger partial charge in [0, 0.05) is 24.3 Å². The monoisotopic (exact) mass is 251 g/mol. The summed E-state index contributed by atoms with van der Waals surface area (Å²) in [4.78, 5) is 11.7. The lowest BCUT2D eigenvalue weighted by atomic mass is 10.1. The number of carbonyl (C=O) groups excluding carboxylic acids is 1. The average Bonchev–Trinajstić information content (AvgIpc) is 2.42. The highest BCUT2D eigenvalue weighted by Crippen LogP contribution is 2.04. The number of carbonyl (C=O) groups is 1. The summed E-state index contributed by atoms with van der Waals surface area (Å²) in [5, 5.41) is 14.1. The van der Waals surface area contributed by atoms with Gasteiger partial charge in [-0.1, -0.05) is 17.3 Å². The number of nitrogens with one attached hydrogen (secondary N) is 1. The summed E-state index contributed by atoms with van der Waals surface area (Å²) in [6, 6.07) is 6.46. The molecule has 0 radical (unpaired) electrons. The van der Waals surface area contributed by atoms with E-state index in [1.54, 1.807) is 24.3 Å². The first kappa shape index (κ1) is 14.0. The number of ether oxygens (including phenoxy) is 1. The first-order valence-corrected chi connectivity index (χ1v) is 5.63. The molecule has 6 nitrogen and oxygen atoms in total. The second kappa shape index (κ2) is 7.29. The van der Waals surface area contributed by atoms with Crippen LogP contribution in [0, 0.1) is 0 Å². The molecule has 0 spiro atoms. The molecule has 0 aromatic heterocycles. The van der Waals surface area contributed by atoms with Gasteiger partial charge in [0.1, 0.15) is 0 Å². The number of rotatable bonds is 6. The van der Waals surface area contributed by atoms with Crippen LogP contribution in [-0.4, -0.2) is 36.7 Å². The third-order valence-electron chi connectivity index (χ3n) is 2.29. The summed E-state index contributed by atoms with van der Waals surface area (Å²) in [6.45, 7) is 3.48. The molecule has 18 heavy (non-hydrogen) atoms. The zero-order valence-corrected chi connectivity index (χ0v) is 10.2. The van der Waals surface area contributed by atoms with E-state index >= 15 is 0 Å². The predicted molar refractivity (Wildman–Crippen MR) is 67.8 cm³/mol. The second-order valence-corrected chi connectivity index (χ2v) is 3.52. The van der Waals surface area contributed by atoms with Gasteiger partial charge in [0.25, 0.3) is 5.91 Å². The molecule has 4 N–H and O–H groups in total. The van der Waals surface area contributed by atoms with Gasteiger partial charge in [0.05, 0.1) is 6.61 Å². The fourth-order valence-corrected chi connectivity index (χ4v) is 1.33. The first-order chi connectivity index (χ1) is 8.69. The number of nitrogens with two attached hydrogens (primary N) is 1. The van der Waals surface area contributed by atoms with E-state index in [1.165, 1.54) is 0 Å². The van der Waals surface area contributed by atoms with Gasteiger partial charge in [0.15, 0.2) is 5.84 Å². The summed E-state index contributed by atoms with van der Waals surface area (Å²) >= 11 is 0. The zero-order chi connectivity index (χ0) is 13.4. The SMILES string of the molecule is CCOCCNC(=O)c1ccc(/C(N)=N/O)cc1. The van der Waals surface area contributed by atoms with Crippen LogP contribution in [-0.2, 0) is 4.74 Å². The molecule has 0 aliphatic rings. The van der Waals surface area contributed by atoms with Gasteiger partial charge >= 0.3 is 0 Å². The molecule has 0 aliphatic carbocycles. The van der Waals surface area contributed by atoms with Crippen molar-refractivity contribution in [1.29, 1.82) is 0 Å². The van der Waals surface area contributed by atoms with Crippen LogP contribution in [0.25, 0.3) is 0 Å². The van der Waals surface area contributed by atoms with Crippen LogP contribution in [0.4, 0.5) is 0 Å². The topological polar surface area (TPSA) is 96.9 Å². The number of hydrogen-bond acceptors (Lipinski definition) is 4. The van der Waals surface area contributed by atoms with E-state index < -0.39 is 0 Å². The molecule has 0 unspecified atom stereocenters. The summed E-state index contributed by atoms with van der Waals surface area (Å²) in [7, 11) is 0. The van der Waals surface area contributed by atoms with E-state index in [-0.39, 0.29) is 11.7 Å². The number of hydrogen-bond donors (Lipinski definition) is 3. The maximum Gasteiger partial charge on any atom is 0.251 e. The molecule has 0 aliphatic heterocycles. The minimum atomic E-state index is -0.180. The molecule has 1 rings (SSSR count). The summed E-state index contributed by atoms with van der Waals surface area (Å²) in [5.74, 6) is -0.168. The number of amides is 1. The molecule has 0 saturated carbocycles. The Morgan fingerprint density at radius 2 is 2.00 bits per heavy atom. The molecule has 0 atom stereocenters. The van der Waals surface area contributed by atoms with Gasteiger partial charge in [0.2, 0.25) is 0 Å². The molecule has 1 aromatic rings. The lowest BCUT2D eigenvalue weighted by Crippen LogP contribution is -2.27.